The Hall–Kier alpha value is -2.12. The predicted molar refractivity (Wildman–Crippen MR) is 101 cm³/mol. The first kappa shape index (κ1) is 19.2. The SMILES string of the molecule is CCCCOc1ccc(Br)cc1C(=O)Nc1ccc(Cl)c([N+](=O)[O-])c1. The van der Waals surface area contributed by atoms with E-state index < -0.39 is 10.8 Å². The number of ether oxygens (including phenoxy) is 1. The second-order valence-electron chi connectivity index (χ2n) is 5.22. The Morgan fingerprint density at radius 1 is 1.32 bits per heavy atom. The van der Waals surface area contributed by atoms with Gasteiger partial charge in [-0.15, -0.1) is 0 Å². The summed E-state index contributed by atoms with van der Waals surface area (Å²) in [5.74, 6) is 0.0297. The molecule has 1 amide bonds. The summed E-state index contributed by atoms with van der Waals surface area (Å²) in [7, 11) is 0. The summed E-state index contributed by atoms with van der Waals surface area (Å²) in [5, 5.41) is 13.6. The Balaban J connectivity index is 2.24. The molecule has 132 valence electrons. The van der Waals surface area contributed by atoms with Gasteiger partial charge in [-0.05, 0) is 36.8 Å². The fraction of sp³-hybridized carbons (Fsp3) is 0.235. The van der Waals surface area contributed by atoms with E-state index in [9.17, 15) is 14.9 Å². The van der Waals surface area contributed by atoms with Crippen molar-refractivity contribution in [2.24, 2.45) is 0 Å². The van der Waals surface area contributed by atoms with Gasteiger partial charge in [-0.3, -0.25) is 14.9 Å². The number of hydrogen-bond donors (Lipinski definition) is 1. The van der Waals surface area contributed by atoms with E-state index in [2.05, 4.69) is 21.2 Å². The Labute approximate surface area is 158 Å². The van der Waals surface area contributed by atoms with Gasteiger partial charge in [0.15, 0.2) is 0 Å². The second-order valence-corrected chi connectivity index (χ2v) is 6.54. The zero-order valence-electron chi connectivity index (χ0n) is 13.4. The molecule has 8 heteroatoms. The second kappa shape index (κ2) is 8.82. The summed E-state index contributed by atoms with van der Waals surface area (Å²) in [6, 6.07) is 9.22. The normalized spacial score (nSPS) is 10.4. The number of carbonyl (C=O) groups excluding carboxylic acids is 1. The van der Waals surface area contributed by atoms with Crippen molar-refractivity contribution in [1.82, 2.24) is 0 Å². The molecule has 0 spiro atoms. The van der Waals surface area contributed by atoms with Crippen LogP contribution in [0.5, 0.6) is 5.75 Å². The highest BCUT2D eigenvalue weighted by atomic mass is 79.9. The van der Waals surface area contributed by atoms with Crippen molar-refractivity contribution >= 4 is 44.8 Å². The van der Waals surface area contributed by atoms with Crippen molar-refractivity contribution in [3.63, 3.8) is 0 Å². The summed E-state index contributed by atoms with van der Waals surface area (Å²) in [6.07, 6.45) is 1.85. The minimum atomic E-state index is -0.601. The lowest BCUT2D eigenvalue weighted by Gasteiger charge is -2.12. The number of hydrogen-bond acceptors (Lipinski definition) is 4. The minimum Gasteiger partial charge on any atom is -0.493 e. The van der Waals surface area contributed by atoms with E-state index in [1.165, 1.54) is 18.2 Å². The molecule has 0 unspecified atom stereocenters. The van der Waals surface area contributed by atoms with E-state index >= 15 is 0 Å². The van der Waals surface area contributed by atoms with Gasteiger partial charge >= 0.3 is 0 Å². The molecule has 0 atom stereocenters. The van der Waals surface area contributed by atoms with Gasteiger partial charge in [-0.25, -0.2) is 0 Å². The van der Waals surface area contributed by atoms with Crippen molar-refractivity contribution in [1.29, 1.82) is 0 Å². The number of amides is 1. The predicted octanol–water partition coefficient (Wildman–Crippen LogP) is 5.44. The third-order valence-electron chi connectivity index (χ3n) is 3.34. The van der Waals surface area contributed by atoms with Gasteiger partial charge in [0.1, 0.15) is 10.8 Å². The molecule has 0 saturated heterocycles. The fourth-order valence-electron chi connectivity index (χ4n) is 2.06. The largest absolute Gasteiger partial charge is 0.493 e. The van der Waals surface area contributed by atoms with Crippen LogP contribution in [0.2, 0.25) is 5.02 Å². The first-order valence-electron chi connectivity index (χ1n) is 7.60. The maximum absolute atomic E-state index is 12.6. The molecule has 0 aliphatic heterocycles. The standard InChI is InChI=1S/C17H16BrClN2O4/c1-2-3-8-25-16-7-4-11(18)9-13(16)17(22)20-12-5-6-14(19)15(10-12)21(23)24/h4-7,9-10H,2-3,8H2,1H3,(H,20,22). The molecule has 0 saturated carbocycles. The molecular weight excluding hydrogens is 412 g/mol. The van der Waals surface area contributed by atoms with Gasteiger partial charge in [0.25, 0.3) is 11.6 Å². The Kier molecular flexibility index (Phi) is 6.78. The highest BCUT2D eigenvalue weighted by Crippen LogP contribution is 2.29. The van der Waals surface area contributed by atoms with Gasteiger partial charge in [-0.1, -0.05) is 40.9 Å². The monoisotopic (exact) mass is 426 g/mol. The first-order chi connectivity index (χ1) is 11.9. The number of nitrogens with zero attached hydrogens (tertiary/aromatic N) is 1. The number of nitrogens with one attached hydrogen (secondary N) is 1. The molecule has 2 rings (SSSR count). The van der Waals surface area contributed by atoms with Gasteiger partial charge in [0.2, 0.25) is 0 Å². The topological polar surface area (TPSA) is 81.5 Å². The summed E-state index contributed by atoms with van der Waals surface area (Å²) in [6.45, 7) is 2.55. The van der Waals surface area contributed by atoms with Crippen molar-refractivity contribution < 1.29 is 14.5 Å². The number of halogens is 2. The van der Waals surface area contributed by atoms with Crippen molar-refractivity contribution in [2.75, 3.05) is 11.9 Å². The molecule has 1 N–H and O–H groups in total. The average molecular weight is 428 g/mol. The number of carbonyl (C=O) groups is 1. The van der Waals surface area contributed by atoms with Gasteiger partial charge in [0, 0.05) is 16.2 Å². The molecule has 2 aromatic carbocycles. The zero-order chi connectivity index (χ0) is 18.4. The van der Waals surface area contributed by atoms with Gasteiger partial charge < -0.3 is 10.1 Å². The molecule has 0 aliphatic rings. The summed E-state index contributed by atoms with van der Waals surface area (Å²) in [4.78, 5) is 22.9. The first-order valence-corrected chi connectivity index (χ1v) is 8.77. The summed E-state index contributed by atoms with van der Waals surface area (Å²) < 4.78 is 6.39. The molecule has 0 aromatic heterocycles. The molecule has 0 fully saturated rings. The van der Waals surface area contributed by atoms with Gasteiger partial charge in [-0.2, -0.15) is 0 Å². The molecule has 0 radical (unpaired) electrons. The van der Waals surface area contributed by atoms with Crippen LogP contribution >= 0.6 is 27.5 Å². The zero-order valence-corrected chi connectivity index (χ0v) is 15.8. The van der Waals surface area contributed by atoms with Crippen molar-refractivity contribution in [2.45, 2.75) is 19.8 Å². The maximum atomic E-state index is 12.6. The molecular formula is C17H16BrClN2O4. The van der Waals surface area contributed by atoms with Crippen LogP contribution in [0.15, 0.2) is 40.9 Å². The van der Waals surface area contributed by atoms with Crippen LogP contribution in [0.4, 0.5) is 11.4 Å². The maximum Gasteiger partial charge on any atom is 0.289 e. The highest BCUT2D eigenvalue weighted by molar-refractivity contribution is 9.10. The molecule has 6 nitrogen and oxygen atoms in total. The number of unbranched alkanes of at least 4 members (excludes halogenated alkanes) is 1. The number of anilines is 1. The fourth-order valence-corrected chi connectivity index (χ4v) is 2.61. The van der Waals surface area contributed by atoms with Crippen LogP contribution in [0, 0.1) is 10.1 Å². The Morgan fingerprint density at radius 3 is 2.76 bits per heavy atom. The van der Waals surface area contributed by atoms with E-state index in [0.717, 1.165) is 17.3 Å². The van der Waals surface area contributed by atoms with E-state index in [4.69, 9.17) is 16.3 Å². The van der Waals surface area contributed by atoms with E-state index in [0.29, 0.717) is 17.9 Å². The van der Waals surface area contributed by atoms with Crippen LogP contribution in [-0.4, -0.2) is 17.4 Å². The van der Waals surface area contributed by atoms with Crippen LogP contribution in [0.1, 0.15) is 30.1 Å². The average Bonchev–Trinajstić information content (AvgIpc) is 2.57. The Bertz CT molecular complexity index is 798. The number of nitro groups is 1. The Morgan fingerprint density at radius 2 is 2.08 bits per heavy atom. The van der Waals surface area contributed by atoms with Crippen molar-refractivity contribution in [3.8, 4) is 5.75 Å². The number of nitro benzene ring substituents is 1. The summed E-state index contributed by atoms with van der Waals surface area (Å²) in [5.41, 5.74) is 0.344. The lowest BCUT2D eigenvalue weighted by atomic mass is 10.1. The lowest BCUT2D eigenvalue weighted by molar-refractivity contribution is -0.384. The number of rotatable bonds is 7. The molecule has 0 aliphatic carbocycles. The quantitative estimate of drug-likeness (QED) is 0.362. The molecule has 0 heterocycles. The van der Waals surface area contributed by atoms with Gasteiger partial charge in [0.05, 0.1) is 17.1 Å². The van der Waals surface area contributed by atoms with Crippen LogP contribution in [0.3, 0.4) is 0 Å². The molecule has 25 heavy (non-hydrogen) atoms. The lowest BCUT2D eigenvalue weighted by Crippen LogP contribution is -2.14. The van der Waals surface area contributed by atoms with E-state index in [1.807, 2.05) is 6.92 Å². The van der Waals surface area contributed by atoms with Crippen LogP contribution in [0.25, 0.3) is 0 Å². The minimum absolute atomic E-state index is 0.00837. The highest BCUT2D eigenvalue weighted by Gasteiger charge is 2.17. The van der Waals surface area contributed by atoms with E-state index in [-0.39, 0.29) is 16.4 Å². The molecule has 0 bridgehead atoms. The molecule has 2 aromatic rings. The number of benzene rings is 2. The van der Waals surface area contributed by atoms with Crippen LogP contribution in [-0.2, 0) is 0 Å². The third kappa shape index (κ3) is 5.17. The van der Waals surface area contributed by atoms with E-state index in [1.54, 1.807) is 18.2 Å². The smallest absolute Gasteiger partial charge is 0.289 e. The third-order valence-corrected chi connectivity index (χ3v) is 4.16. The van der Waals surface area contributed by atoms with Crippen LogP contribution < -0.4 is 10.1 Å². The van der Waals surface area contributed by atoms with Crippen molar-refractivity contribution in [3.05, 3.63) is 61.6 Å². The summed E-state index contributed by atoms with van der Waals surface area (Å²) >= 11 is 9.11.